The lowest BCUT2D eigenvalue weighted by molar-refractivity contribution is -0.135. The van der Waals surface area contributed by atoms with Crippen LogP contribution >= 0.6 is 23.2 Å². The number of halogens is 2. The van der Waals surface area contributed by atoms with Crippen molar-refractivity contribution in [1.82, 2.24) is 15.0 Å². The van der Waals surface area contributed by atoms with E-state index in [1.165, 1.54) is 0 Å². The van der Waals surface area contributed by atoms with E-state index < -0.39 is 5.97 Å². The molecule has 0 amide bonds. The van der Waals surface area contributed by atoms with Crippen molar-refractivity contribution in [3.8, 4) is 11.8 Å². The Labute approximate surface area is 106 Å². The quantitative estimate of drug-likeness (QED) is 0.472. The highest BCUT2D eigenvalue weighted by Crippen LogP contribution is 2.24. The number of hydrogen-bond acceptors (Lipinski definition) is 3. The minimum Gasteiger partial charge on any atom is -0.481 e. The number of hydrogen-bond donors (Lipinski definition) is 2. The Hall–Kier alpha value is -1.77. The molecule has 0 aliphatic rings. The van der Waals surface area contributed by atoms with Gasteiger partial charge in [0.05, 0.1) is 10.9 Å². The second kappa shape index (κ2) is 4.62. The molecule has 0 aromatic carbocycles. The number of H-pyrrole nitrogens is 1. The Morgan fingerprint density at radius 1 is 1.47 bits per heavy atom. The Kier molecular flexibility index (Phi) is 3.18. The minimum atomic E-state index is -0.984. The molecule has 86 valence electrons. The van der Waals surface area contributed by atoms with Gasteiger partial charge < -0.3 is 10.1 Å². The molecule has 2 rings (SSSR count). The highest BCUT2D eigenvalue weighted by atomic mass is 35.5. The highest BCUT2D eigenvalue weighted by Gasteiger charge is 2.10. The fraction of sp³-hybridized carbons (Fsp3) is 0.100. The fourth-order valence-corrected chi connectivity index (χ4v) is 1.76. The number of aromatic nitrogens is 3. The Balaban J connectivity index is 2.48. The normalized spacial score (nSPS) is 10.0. The van der Waals surface area contributed by atoms with Crippen LogP contribution in [0.3, 0.4) is 0 Å². The number of carboxylic acid groups (broad SMARTS) is 1. The molecule has 2 aromatic rings. The lowest BCUT2D eigenvalue weighted by atomic mass is 10.2. The zero-order valence-electron chi connectivity index (χ0n) is 8.29. The van der Waals surface area contributed by atoms with E-state index in [4.69, 9.17) is 28.3 Å². The third kappa shape index (κ3) is 2.49. The van der Waals surface area contributed by atoms with E-state index in [1.54, 1.807) is 6.20 Å². The first-order valence-corrected chi connectivity index (χ1v) is 5.24. The third-order valence-corrected chi connectivity index (χ3v) is 2.37. The van der Waals surface area contributed by atoms with Gasteiger partial charge in [-0.3, -0.25) is 4.79 Å². The molecular formula is C10H5Cl2N3O2. The first-order chi connectivity index (χ1) is 8.08. The van der Waals surface area contributed by atoms with Gasteiger partial charge in [0, 0.05) is 6.20 Å². The van der Waals surface area contributed by atoms with E-state index in [2.05, 4.69) is 26.8 Å². The molecule has 0 saturated heterocycles. The van der Waals surface area contributed by atoms with E-state index in [0.717, 1.165) is 0 Å². The van der Waals surface area contributed by atoms with Gasteiger partial charge in [0.15, 0.2) is 0 Å². The molecule has 0 fully saturated rings. The second-order valence-corrected chi connectivity index (χ2v) is 3.78. The number of aromatic amines is 1. The second-order valence-electron chi connectivity index (χ2n) is 3.08. The summed E-state index contributed by atoms with van der Waals surface area (Å²) in [5.41, 5.74) is 1.01. The van der Waals surface area contributed by atoms with Gasteiger partial charge in [-0.1, -0.05) is 23.4 Å². The molecule has 2 N–H and O–H groups in total. The summed E-state index contributed by atoms with van der Waals surface area (Å²) in [4.78, 5) is 20.9. The Morgan fingerprint density at radius 3 is 2.94 bits per heavy atom. The Morgan fingerprint density at radius 2 is 2.24 bits per heavy atom. The summed E-state index contributed by atoms with van der Waals surface area (Å²) >= 11 is 11.5. The van der Waals surface area contributed by atoms with Crippen molar-refractivity contribution in [2.24, 2.45) is 0 Å². The number of rotatable bonds is 1. The van der Waals surface area contributed by atoms with Gasteiger partial charge in [-0.25, -0.2) is 4.98 Å². The van der Waals surface area contributed by atoms with Crippen LogP contribution < -0.4 is 0 Å². The fourth-order valence-electron chi connectivity index (χ4n) is 1.28. The number of carbonyl (C=O) groups is 1. The molecule has 5 nitrogen and oxygen atoms in total. The molecule has 7 heteroatoms. The van der Waals surface area contributed by atoms with Crippen LogP contribution in [0.4, 0.5) is 0 Å². The van der Waals surface area contributed by atoms with Crippen LogP contribution in [0.1, 0.15) is 12.0 Å². The van der Waals surface area contributed by atoms with Crippen LogP contribution in [0, 0.1) is 11.8 Å². The van der Waals surface area contributed by atoms with E-state index in [9.17, 15) is 4.79 Å². The first kappa shape index (κ1) is 11.7. The Bertz CT molecular complexity index is 655. The maximum Gasteiger partial charge on any atom is 0.315 e. The molecule has 0 aliphatic carbocycles. The molecule has 0 atom stereocenters. The molecule has 2 aromatic heterocycles. The largest absolute Gasteiger partial charge is 0.481 e. The molecule has 0 unspecified atom stereocenters. The molecule has 0 spiro atoms. The van der Waals surface area contributed by atoms with E-state index in [0.29, 0.717) is 16.6 Å². The topological polar surface area (TPSA) is 78.9 Å². The molecular weight excluding hydrogens is 265 g/mol. The van der Waals surface area contributed by atoms with Gasteiger partial charge in [0.25, 0.3) is 0 Å². The van der Waals surface area contributed by atoms with Crippen molar-refractivity contribution in [3.63, 3.8) is 0 Å². The summed E-state index contributed by atoms with van der Waals surface area (Å²) in [6, 6.07) is 0. The van der Waals surface area contributed by atoms with Crippen LogP contribution in [-0.2, 0) is 4.79 Å². The van der Waals surface area contributed by atoms with Gasteiger partial charge in [0.1, 0.15) is 17.2 Å². The van der Waals surface area contributed by atoms with Gasteiger partial charge >= 0.3 is 5.97 Å². The number of fused-ring (bicyclic) bond motifs is 1. The van der Waals surface area contributed by atoms with Gasteiger partial charge in [-0.05, 0) is 11.6 Å². The summed E-state index contributed by atoms with van der Waals surface area (Å²) in [5.74, 6) is 4.21. The minimum absolute atomic E-state index is 0.0365. The molecule has 17 heavy (non-hydrogen) atoms. The number of aliphatic carboxylic acids is 1. The molecule has 2 heterocycles. The molecule has 0 saturated carbocycles. The zero-order valence-corrected chi connectivity index (χ0v) is 9.80. The van der Waals surface area contributed by atoms with Crippen molar-refractivity contribution >= 4 is 40.2 Å². The maximum absolute atomic E-state index is 10.3. The summed E-state index contributed by atoms with van der Waals surface area (Å²) in [5, 5.41) is 9.22. The number of nitrogens with zero attached hydrogens (tertiary/aromatic N) is 2. The lowest BCUT2D eigenvalue weighted by Gasteiger charge is -1.94. The number of nitrogens with one attached hydrogen (secondary N) is 1. The van der Waals surface area contributed by atoms with Crippen LogP contribution in [-0.4, -0.2) is 26.0 Å². The summed E-state index contributed by atoms with van der Waals surface area (Å²) < 4.78 is 0. The lowest BCUT2D eigenvalue weighted by Crippen LogP contribution is -1.90. The van der Waals surface area contributed by atoms with Gasteiger partial charge in [0.2, 0.25) is 5.28 Å². The van der Waals surface area contributed by atoms with E-state index in [1.807, 2.05) is 0 Å². The number of carboxylic acids is 1. The summed E-state index contributed by atoms with van der Waals surface area (Å²) in [6.45, 7) is 0. The van der Waals surface area contributed by atoms with Gasteiger partial charge in [-0.15, -0.1) is 0 Å². The average Bonchev–Trinajstić information content (AvgIpc) is 2.60. The van der Waals surface area contributed by atoms with E-state index in [-0.39, 0.29) is 16.9 Å². The van der Waals surface area contributed by atoms with Crippen molar-refractivity contribution in [1.29, 1.82) is 0 Å². The standard InChI is InChI=1S/C10H5Cl2N3O2/c11-8-7-5(2-1-3-6(16)17)4-13-9(7)15-10(12)14-8/h4H,3H2,(H,16,17)(H,13,14,15). The summed E-state index contributed by atoms with van der Waals surface area (Å²) in [6.07, 6.45) is 1.34. The maximum atomic E-state index is 10.3. The zero-order chi connectivity index (χ0) is 12.4. The highest BCUT2D eigenvalue weighted by molar-refractivity contribution is 6.36. The predicted molar refractivity (Wildman–Crippen MR) is 63.0 cm³/mol. The molecule has 0 radical (unpaired) electrons. The predicted octanol–water partition coefficient (Wildman–Crippen LogP) is 2.09. The smallest absolute Gasteiger partial charge is 0.315 e. The van der Waals surface area contributed by atoms with Crippen LogP contribution in [0.25, 0.3) is 11.0 Å². The molecule has 0 bridgehead atoms. The first-order valence-electron chi connectivity index (χ1n) is 4.48. The molecule has 0 aliphatic heterocycles. The average molecular weight is 270 g/mol. The van der Waals surface area contributed by atoms with Crippen LogP contribution in [0.2, 0.25) is 10.4 Å². The van der Waals surface area contributed by atoms with Crippen molar-refractivity contribution in [3.05, 3.63) is 22.2 Å². The van der Waals surface area contributed by atoms with Crippen molar-refractivity contribution in [2.45, 2.75) is 6.42 Å². The monoisotopic (exact) mass is 269 g/mol. The van der Waals surface area contributed by atoms with Crippen molar-refractivity contribution < 1.29 is 9.90 Å². The third-order valence-electron chi connectivity index (χ3n) is 1.92. The van der Waals surface area contributed by atoms with E-state index >= 15 is 0 Å². The van der Waals surface area contributed by atoms with Gasteiger partial charge in [-0.2, -0.15) is 4.98 Å². The van der Waals surface area contributed by atoms with Crippen LogP contribution in [0.5, 0.6) is 0 Å². The summed E-state index contributed by atoms with van der Waals surface area (Å²) in [7, 11) is 0. The SMILES string of the molecule is O=C(O)CC#Cc1c[nH]c2nc(Cl)nc(Cl)c12. The van der Waals surface area contributed by atoms with Crippen molar-refractivity contribution in [2.75, 3.05) is 0 Å². The van der Waals surface area contributed by atoms with Crippen LogP contribution in [0.15, 0.2) is 6.20 Å².